The van der Waals surface area contributed by atoms with Crippen LogP contribution in [0, 0.1) is 11.8 Å². The van der Waals surface area contributed by atoms with Crippen molar-refractivity contribution in [2.75, 3.05) is 172 Å². The number of aromatic carboxylic acids is 1. The highest BCUT2D eigenvalue weighted by Gasteiger charge is 2.47. The van der Waals surface area contributed by atoms with Crippen molar-refractivity contribution in [1.29, 1.82) is 0 Å². The smallest absolute Gasteiger partial charge is 0.407 e. The summed E-state index contributed by atoms with van der Waals surface area (Å²) in [4.78, 5) is 43.3. The average Bonchev–Trinajstić information content (AvgIpc) is 1.80. The third-order valence-corrected chi connectivity index (χ3v) is 39.2. The van der Waals surface area contributed by atoms with Crippen LogP contribution in [0.15, 0.2) is 201 Å². The second-order valence-corrected chi connectivity index (χ2v) is 48.7. The fourth-order valence-corrected chi connectivity index (χ4v) is 30.5. The van der Waals surface area contributed by atoms with Gasteiger partial charge in [0.15, 0.2) is 19.4 Å². The summed E-state index contributed by atoms with van der Waals surface area (Å²) in [5.41, 5.74) is 2.63. The summed E-state index contributed by atoms with van der Waals surface area (Å²) in [7, 11) is 7.81. The lowest BCUT2D eigenvalue weighted by Gasteiger charge is -2.34. The molecule has 0 radical (unpaired) electrons. The summed E-state index contributed by atoms with van der Waals surface area (Å²) < 4.78 is 76.2. The molecule has 0 atom stereocenters. The van der Waals surface area contributed by atoms with E-state index < -0.39 is 30.5 Å². The van der Waals surface area contributed by atoms with Crippen LogP contribution in [0.1, 0.15) is 246 Å². The molecule has 137 heavy (non-hydrogen) atoms. The fraction of sp³-hybridized carbons (Fsp3) is 0.575. The zero-order chi connectivity index (χ0) is 97.5. The first-order valence-corrected chi connectivity index (χ1v) is 58.5. The molecule has 7 aromatic carbocycles. The van der Waals surface area contributed by atoms with Crippen LogP contribution in [0.25, 0.3) is 42.3 Å². The topological polar surface area (TPSA) is 165 Å². The minimum absolute atomic E-state index is 0.0388. The number of ketones is 1. The number of fused-ring (bicyclic) bond motifs is 3. The Morgan fingerprint density at radius 3 is 1.40 bits per heavy atom. The van der Waals surface area contributed by atoms with Crippen LogP contribution >= 0.6 is 11.3 Å². The first-order valence-electron chi connectivity index (χ1n) is 51.4. The molecule has 752 valence electrons. The number of halogens is 5. The third kappa shape index (κ3) is 38.8. The molecule has 6 aliphatic heterocycles. The van der Waals surface area contributed by atoms with E-state index >= 15 is 0 Å². The number of thiophene rings is 1. The number of nitrogens with zero attached hydrogens (tertiary/aromatic N) is 8. The molecular weight excluding hydrogens is 1820 g/mol. The van der Waals surface area contributed by atoms with Crippen LogP contribution < -0.4 is 19.7 Å². The van der Waals surface area contributed by atoms with Crippen molar-refractivity contribution in [2.24, 2.45) is 16.8 Å². The molecule has 0 spiro atoms. The number of carboxylic acid groups (broad SMARTS) is 1. The van der Waals surface area contributed by atoms with Gasteiger partial charge in [0, 0.05) is 163 Å². The Kier molecular flexibility index (Phi) is 50.1. The van der Waals surface area contributed by atoms with Gasteiger partial charge in [0.05, 0.1) is 25.7 Å². The predicted molar refractivity (Wildman–Crippen MR) is 573 cm³/mol. The van der Waals surface area contributed by atoms with Crippen LogP contribution in [0.4, 0.5) is 22.0 Å². The van der Waals surface area contributed by atoms with Crippen molar-refractivity contribution in [3.8, 4) is 11.5 Å². The molecule has 6 saturated heterocycles. The maximum Gasteiger partial charge on any atom is 0.407 e. The van der Waals surface area contributed by atoms with Crippen LogP contribution in [0.2, 0.25) is 0 Å². The number of hydrogen-bond acceptors (Lipinski definition) is 13. The van der Waals surface area contributed by atoms with E-state index in [0.29, 0.717) is 51.4 Å². The van der Waals surface area contributed by atoms with Crippen molar-refractivity contribution in [2.45, 2.75) is 245 Å². The minimum atomic E-state index is -4.43. The molecule has 9 aliphatic rings. The Bertz CT molecular complexity index is 4760. The minimum Gasteiger partial charge on any atom is -0.858 e. The molecule has 9 fully saturated rings. The number of carbonyl (C=O) groups excluding carboxylic acids is 2. The Hall–Kier alpha value is -6.81. The molecule has 0 unspecified atom stereocenters. The Labute approximate surface area is 834 Å². The highest BCUT2D eigenvalue weighted by molar-refractivity contribution is 7.99. The number of ether oxygens (including phenoxy) is 2. The van der Waals surface area contributed by atoms with Crippen molar-refractivity contribution in [3.05, 3.63) is 214 Å². The number of unbranched alkanes of at least 4 members (excludes halogenated alkanes) is 1. The third-order valence-electron chi connectivity index (χ3n) is 27.3. The molecular formula is C113H159F5N8O6S5. The second-order valence-electron chi connectivity index (χ2n) is 38.2. The van der Waals surface area contributed by atoms with Crippen LogP contribution in [-0.4, -0.2) is 231 Å². The molecule has 18 rings (SSSR count). The number of rotatable bonds is 27. The van der Waals surface area contributed by atoms with Gasteiger partial charge >= 0.3 is 6.18 Å². The van der Waals surface area contributed by atoms with Gasteiger partial charge in [-0.25, -0.2) is 8.78 Å². The summed E-state index contributed by atoms with van der Waals surface area (Å²) in [5, 5.41) is 38.3. The van der Waals surface area contributed by atoms with E-state index in [1.54, 1.807) is 46.0 Å². The maximum atomic E-state index is 13.6. The number of aromatic nitrogens is 1. The van der Waals surface area contributed by atoms with Gasteiger partial charge < -0.3 is 49.8 Å². The Morgan fingerprint density at radius 1 is 0.489 bits per heavy atom. The van der Waals surface area contributed by atoms with Gasteiger partial charge in [-0.3, -0.25) is 19.7 Å². The quantitative estimate of drug-likeness (QED) is 0.0120. The summed E-state index contributed by atoms with van der Waals surface area (Å²) >= 11 is 1.91. The van der Waals surface area contributed by atoms with E-state index in [1.807, 2.05) is 37.1 Å². The molecule has 2 aromatic heterocycles. The first kappa shape index (κ1) is 112. The van der Waals surface area contributed by atoms with Crippen molar-refractivity contribution < 1.29 is 51.2 Å². The molecule has 0 N–H and O–H groups in total. The van der Waals surface area contributed by atoms with Gasteiger partial charge in [0.2, 0.25) is 5.78 Å². The SMILES string of the molecule is CC(C)(C(=O)c1ccc(C2CCCCC2)cc1)[S+]1CCCC1.CCCCN1CCN(C)CC1.CC[N-]C.CC[N-]CCCC(F)(F)CN1CCN(C)CC1.O=C([O-])c1cccnc1.[O-]C(=NCC(F)(F)F)c1ccccc1.c1ccc2c([S+]3CCCC3)ccc(OCC3CCCCC3)c2c1.c1ccc2c([S+]3CCCC3)ccc(OCC3CCCCC3)c2c1.c1ccc2c([S+]3CCCC3)csc2c1. The lowest BCUT2D eigenvalue weighted by Crippen LogP contribution is -2.48. The van der Waals surface area contributed by atoms with Crippen LogP contribution in [0.5, 0.6) is 11.5 Å². The Balaban J connectivity index is 0.000000163. The molecule has 9 aromatic rings. The van der Waals surface area contributed by atoms with Crippen LogP contribution in [-0.2, 0) is 43.6 Å². The van der Waals surface area contributed by atoms with Crippen molar-refractivity contribution in [1.82, 2.24) is 24.6 Å². The Morgan fingerprint density at radius 2 is 0.942 bits per heavy atom. The van der Waals surface area contributed by atoms with E-state index in [2.05, 4.69) is 190 Å². The highest BCUT2D eigenvalue weighted by atomic mass is 32.2. The van der Waals surface area contributed by atoms with Gasteiger partial charge in [-0.2, -0.15) is 33.3 Å². The number of benzene rings is 7. The monoisotopic (exact) mass is 1980 g/mol. The number of alkyl halides is 5. The summed E-state index contributed by atoms with van der Waals surface area (Å²) in [5.74, 6) is 11.1. The molecule has 0 amide bonds. The number of aliphatic imine (C=N–C) groups is 1. The van der Waals surface area contributed by atoms with Gasteiger partial charge in [0.1, 0.15) is 64.1 Å². The summed E-state index contributed by atoms with van der Waals surface area (Å²) in [6.45, 7) is 22.7. The normalized spacial score (nSPS) is 18.4. The van der Waals surface area contributed by atoms with E-state index in [-0.39, 0.29) is 39.7 Å². The number of carboxylic acids is 1. The maximum absolute atomic E-state index is 13.6. The highest BCUT2D eigenvalue weighted by Crippen LogP contribution is 2.41. The fourth-order valence-electron chi connectivity index (χ4n) is 18.9. The number of piperazine rings is 2. The standard InChI is InChI=1S/2C21H27OS.C20H29OS.C12H24F2N3.C12H13S2.C9H8F3NO.C9H20N2.C6H5NO2.C3H8N/c2*1-2-8-17(9-3-1)16-22-20-12-13-21(23-14-6-7-15-23)19-11-5-4-10-18(19)20;1-20(2,22-14-6-7-15-22)19(21)18-12-10-17(11-13-18)16-8-4-3-5-9-16;1-3-15-6-4-5-12(13,14)11-17-9-7-16(2)8-10-17;1-2-6-11-10(5-1)12(9-13-11)14-7-3-4-8-14;10-9(11,12)6-13-8(14)7-4-2-1-3-5-7;1-3-4-5-11-8-6-10(2)7-9-11;8-6(9)5-2-1-3-7-4-5;1-3-4-2/h2*4-5,10-13,17H,1-3,6-9,14-16H2;10-13,16H,3-9,14-15H2,1-2H3;3-11H2,1-2H3;1-2,5-6,9H,3-4,7-8H2;1-5H,6H2,(H,13,14);3-9H2,1-2H3;1-4H,(H,8,9);3H2,1-2H3/q3*+1;-1;+1;;;;-1/p-2. The summed E-state index contributed by atoms with van der Waals surface area (Å²) in [6, 6.07) is 55.0. The average molecular weight is 1980 g/mol. The summed E-state index contributed by atoms with van der Waals surface area (Å²) in [6.07, 6.45) is 33.1. The number of pyridine rings is 1. The molecule has 8 heterocycles. The van der Waals surface area contributed by atoms with Gasteiger partial charge in [-0.15, -0.1) is 17.9 Å². The molecule has 24 heteroatoms. The van der Waals surface area contributed by atoms with E-state index in [9.17, 15) is 41.8 Å². The molecule has 3 saturated carbocycles. The number of likely N-dealkylation sites (N-methyl/N-ethyl adjacent to an activating group) is 2. The van der Waals surface area contributed by atoms with E-state index in [0.717, 1.165) is 87.3 Å². The molecule has 14 nitrogen and oxygen atoms in total. The molecule has 0 bridgehead atoms. The van der Waals surface area contributed by atoms with Crippen molar-refractivity contribution >= 4 is 104 Å². The number of hydrogen-bond donors (Lipinski definition) is 0. The molecule has 3 aliphatic carbocycles. The lowest BCUT2D eigenvalue weighted by atomic mass is 9.83. The van der Waals surface area contributed by atoms with Gasteiger partial charge in [0.25, 0.3) is 5.92 Å². The predicted octanol–water partition coefficient (Wildman–Crippen LogP) is 24.8. The van der Waals surface area contributed by atoms with E-state index in [1.165, 1.54) is 307 Å². The van der Waals surface area contributed by atoms with Crippen LogP contribution in [0.3, 0.4) is 0 Å². The number of carbonyl (C=O) groups is 2. The lowest BCUT2D eigenvalue weighted by molar-refractivity contribution is -0.255. The number of Topliss-reactive ketones (excluding diaryl/α,β-unsaturated/α-hetero) is 1. The van der Waals surface area contributed by atoms with Gasteiger partial charge in [-0.05, 0) is 220 Å². The zero-order valence-electron chi connectivity index (χ0n) is 83.6. The zero-order valence-corrected chi connectivity index (χ0v) is 87.7. The van der Waals surface area contributed by atoms with Crippen molar-refractivity contribution in [3.63, 3.8) is 0 Å². The largest absolute Gasteiger partial charge is 0.858 e. The van der Waals surface area contributed by atoms with E-state index in [4.69, 9.17) is 9.47 Å². The second kappa shape index (κ2) is 61.2. The first-order chi connectivity index (χ1) is 66.4. The van der Waals surface area contributed by atoms with Gasteiger partial charge in [-0.1, -0.05) is 201 Å².